The Morgan fingerprint density at radius 1 is 1.15 bits per heavy atom. The van der Waals surface area contributed by atoms with Gasteiger partial charge in [-0.2, -0.15) is 0 Å². The Bertz CT molecular complexity index is 458. The SMILES string of the molecule is CCCCNC(=O)C(=O)Nc1ccccc1C(C)CC. The number of nitrogens with one attached hydrogen (secondary N) is 2. The van der Waals surface area contributed by atoms with Crippen molar-refractivity contribution >= 4 is 17.5 Å². The van der Waals surface area contributed by atoms with E-state index in [4.69, 9.17) is 0 Å². The van der Waals surface area contributed by atoms with Crippen LogP contribution in [0.1, 0.15) is 51.5 Å². The normalized spacial score (nSPS) is 11.8. The molecule has 110 valence electrons. The second-order valence-electron chi connectivity index (χ2n) is 4.96. The van der Waals surface area contributed by atoms with Gasteiger partial charge in [0.25, 0.3) is 0 Å². The molecule has 1 atom stereocenters. The van der Waals surface area contributed by atoms with Crippen LogP contribution in [0, 0.1) is 0 Å². The molecule has 0 radical (unpaired) electrons. The van der Waals surface area contributed by atoms with Crippen molar-refractivity contribution in [3.05, 3.63) is 29.8 Å². The summed E-state index contributed by atoms with van der Waals surface area (Å²) in [5, 5.41) is 5.32. The standard InChI is InChI=1S/C16H24N2O2/c1-4-6-11-17-15(19)16(20)18-14-10-8-7-9-13(14)12(3)5-2/h7-10,12H,4-6,11H2,1-3H3,(H,17,19)(H,18,20). The molecule has 0 aromatic heterocycles. The summed E-state index contributed by atoms with van der Waals surface area (Å²) < 4.78 is 0. The van der Waals surface area contributed by atoms with Crippen LogP contribution in [0.3, 0.4) is 0 Å². The quantitative estimate of drug-likeness (QED) is 0.619. The summed E-state index contributed by atoms with van der Waals surface area (Å²) in [6, 6.07) is 7.62. The monoisotopic (exact) mass is 276 g/mol. The van der Waals surface area contributed by atoms with E-state index in [1.54, 1.807) is 0 Å². The Hall–Kier alpha value is -1.84. The zero-order valence-electron chi connectivity index (χ0n) is 12.5. The van der Waals surface area contributed by atoms with Crippen LogP contribution < -0.4 is 10.6 Å². The Balaban J connectivity index is 2.68. The third-order valence-electron chi connectivity index (χ3n) is 3.37. The first kappa shape index (κ1) is 16.2. The molecular formula is C16H24N2O2. The summed E-state index contributed by atoms with van der Waals surface area (Å²) >= 11 is 0. The first-order chi connectivity index (χ1) is 9.60. The minimum atomic E-state index is -0.600. The van der Waals surface area contributed by atoms with E-state index in [9.17, 15) is 9.59 Å². The van der Waals surface area contributed by atoms with E-state index in [1.165, 1.54) is 0 Å². The summed E-state index contributed by atoms with van der Waals surface area (Å²) in [6.07, 6.45) is 2.84. The van der Waals surface area contributed by atoms with Gasteiger partial charge < -0.3 is 10.6 Å². The highest BCUT2D eigenvalue weighted by Gasteiger charge is 2.16. The fraction of sp³-hybridized carbons (Fsp3) is 0.500. The van der Waals surface area contributed by atoms with Gasteiger partial charge >= 0.3 is 11.8 Å². The molecule has 0 aliphatic rings. The molecule has 0 fully saturated rings. The van der Waals surface area contributed by atoms with Gasteiger partial charge in [0, 0.05) is 12.2 Å². The lowest BCUT2D eigenvalue weighted by Crippen LogP contribution is -2.36. The molecule has 1 aromatic carbocycles. The Kier molecular flexibility index (Phi) is 6.77. The zero-order valence-corrected chi connectivity index (χ0v) is 12.5. The van der Waals surface area contributed by atoms with E-state index in [0.717, 1.165) is 30.5 Å². The van der Waals surface area contributed by atoms with E-state index < -0.39 is 11.8 Å². The van der Waals surface area contributed by atoms with Crippen molar-refractivity contribution in [3.8, 4) is 0 Å². The second kappa shape index (κ2) is 8.35. The number of hydrogen-bond donors (Lipinski definition) is 2. The van der Waals surface area contributed by atoms with Gasteiger partial charge in [-0.05, 0) is 30.4 Å². The molecule has 0 bridgehead atoms. The van der Waals surface area contributed by atoms with Gasteiger partial charge in [-0.1, -0.05) is 45.4 Å². The maximum absolute atomic E-state index is 11.8. The molecule has 4 heteroatoms. The first-order valence-electron chi connectivity index (χ1n) is 7.28. The third-order valence-corrected chi connectivity index (χ3v) is 3.37. The van der Waals surface area contributed by atoms with Gasteiger partial charge in [0.15, 0.2) is 0 Å². The minimum Gasteiger partial charge on any atom is -0.348 e. The molecule has 2 amide bonds. The van der Waals surface area contributed by atoms with Crippen molar-refractivity contribution in [2.75, 3.05) is 11.9 Å². The van der Waals surface area contributed by atoms with E-state index >= 15 is 0 Å². The number of carbonyl (C=O) groups is 2. The lowest BCUT2D eigenvalue weighted by molar-refractivity contribution is -0.136. The second-order valence-corrected chi connectivity index (χ2v) is 4.96. The van der Waals surface area contributed by atoms with Crippen molar-refractivity contribution in [3.63, 3.8) is 0 Å². The summed E-state index contributed by atoms with van der Waals surface area (Å²) in [7, 11) is 0. The summed E-state index contributed by atoms with van der Waals surface area (Å²) in [6.45, 7) is 6.78. The number of amides is 2. The Morgan fingerprint density at radius 3 is 2.50 bits per heavy atom. The topological polar surface area (TPSA) is 58.2 Å². The molecule has 1 aromatic rings. The number of rotatable bonds is 6. The van der Waals surface area contributed by atoms with Crippen LogP contribution in [-0.2, 0) is 9.59 Å². The number of para-hydroxylation sites is 1. The number of hydrogen-bond acceptors (Lipinski definition) is 2. The van der Waals surface area contributed by atoms with Crippen molar-refractivity contribution in [2.45, 2.75) is 46.0 Å². The molecule has 20 heavy (non-hydrogen) atoms. The smallest absolute Gasteiger partial charge is 0.313 e. The maximum Gasteiger partial charge on any atom is 0.313 e. The highest BCUT2D eigenvalue weighted by molar-refractivity contribution is 6.39. The van der Waals surface area contributed by atoms with Crippen molar-refractivity contribution in [1.82, 2.24) is 5.32 Å². The van der Waals surface area contributed by atoms with Crippen LogP contribution in [0.15, 0.2) is 24.3 Å². The lowest BCUT2D eigenvalue weighted by atomic mass is 9.97. The zero-order chi connectivity index (χ0) is 15.0. The maximum atomic E-state index is 11.8. The van der Waals surface area contributed by atoms with Gasteiger partial charge in [0.1, 0.15) is 0 Å². The summed E-state index contributed by atoms with van der Waals surface area (Å²) in [5.74, 6) is -0.830. The third kappa shape index (κ3) is 4.68. The van der Waals surface area contributed by atoms with Crippen LogP contribution in [0.2, 0.25) is 0 Å². The molecule has 2 N–H and O–H groups in total. The average Bonchev–Trinajstić information content (AvgIpc) is 2.47. The molecule has 0 heterocycles. The minimum absolute atomic E-state index is 0.342. The number of carbonyl (C=O) groups excluding carboxylic acids is 2. The molecule has 0 aliphatic carbocycles. The summed E-state index contributed by atoms with van der Waals surface area (Å²) in [4.78, 5) is 23.5. The molecule has 0 saturated carbocycles. The fourth-order valence-electron chi connectivity index (χ4n) is 1.90. The highest BCUT2D eigenvalue weighted by atomic mass is 16.2. The Labute approximate surface area is 121 Å². The van der Waals surface area contributed by atoms with Crippen LogP contribution in [0.4, 0.5) is 5.69 Å². The number of benzene rings is 1. The molecule has 1 rings (SSSR count). The van der Waals surface area contributed by atoms with Crippen LogP contribution in [0.5, 0.6) is 0 Å². The number of unbranched alkanes of at least 4 members (excludes halogenated alkanes) is 1. The van der Waals surface area contributed by atoms with E-state index in [0.29, 0.717) is 12.5 Å². The molecule has 0 saturated heterocycles. The van der Waals surface area contributed by atoms with E-state index in [-0.39, 0.29) is 0 Å². The molecule has 0 aliphatic heterocycles. The Morgan fingerprint density at radius 2 is 1.85 bits per heavy atom. The molecular weight excluding hydrogens is 252 g/mol. The molecule has 1 unspecified atom stereocenters. The van der Waals surface area contributed by atoms with Crippen molar-refractivity contribution in [2.24, 2.45) is 0 Å². The van der Waals surface area contributed by atoms with Crippen LogP contribution in [0.25, 0.3) is 0 Å². The van der Waals surface area contributed by atoms with E-state index in [1.807, 2.05) is 31.2 Å². The highest BCUT2D eigenvalue weighted by Crippen LogP contribution is 2.26. The van der Waals surface area contributed by atoms with Gasteiger partial charge in [-0.15, -0.1) is 0 Å². The summed E-state index contributed by atoms with van der Waals surface area (Å²) in [5.41, 5.74) is 1.78. The first-order valence-corrected chi connectivity index (χ1v) is 7.28. The molecule has 0 spiro atoms. The van der Waals surface area contributed by atoms with E-state index in [2.05, 4.69) is 24.5 Å². The largest absolute Gasteiger partial charge is 0.348 e. The lowest BCUT2D eigenvalue weighted by Gasteiger charge is -2.15. The number of anilines is 1. The van der Waals surface area contributed by atoms with Crippen molar-refractivity contribution in [1.29, 1.82) is 0 Å². The predicted molar refractivity (Wildman–Crippen MR) is 81.7 cm³/mol. The van der Waals surface area contributed by atoms with Crippen LogP contribution in [-0.4, -0.2) is 18.4 Å². The average molecular weight is 276 g/mol. The molecule has 4 nitrogen and oxygen atoms in total. The predicted octanol–water partition coefficient (Wildman–Crippen LogP) is 3.05. The van der Waals surface area contributed by atoms with Gasteiger partial charge in [-0.25, -0.2) is 0 Å². The van der Waals surface area contributed by atoms with Crippen LogP contribution >= 0.6 is 0 Å². The van der Waals surface area contributed by atoms with Crippen molar-refractivity contribution < 1.29 is 9.59 Å². The fourth-order valence-corrected chi connectivity index (χ4v) is 1.90. The van der Waals surface area contributed by atoms with Gasteiger partial charge in [0.2, 0.25) is 0 Å². The van der Waals surface area contributed by atoms with Gasteiger partial charge in [-0.3, -0.25) is 9.59 Å². The van der Waals surface area contributed by atoms with Gasteiger partial charge in [0.05, 0.1) is 0 Å².